The minimum atomic E-state index is -4.69. The fraction of sp³-hybridized carbons (Fsp3) is 0.294. The van der Waals surface area contributed by atoms with Crippen LogP contribution in [0.4, 0.5) is 18.9 Å². The highest BCUT2D eigenvalue weighted by molar-refractivity contribution is 14.1. The predicted octanol–water partition coefficient (Wildman–Crippen LogP) is 6.41. The van der Waals surface area contributed by atoms with Crippen molar-refractivity contribution in [3.63, 3.8) is 0 Å². The molecular weight excluding hydrogens is 772 g/mol. The van der Waals surface area contributed by atoms with Gasteiger partial charge >= 0.3 is 6.18 Å². The minimum absolute atomic E-state index is 0.0117. The molecule has 1 aliphatic rings. The zero-order chi connectivity index (χ0) is 35.1. The highest BCUT2D eigenvalue weighted by Gasteiger charge is 2.37. The molecule has 6 rings (SSSR count). The molecule has 0 spiro atoms. The highest BCUT2D eigenvalue weighted by atomic mass is 127. The van der Waals surface area contributed by atoms with Crippen molar-refractivity contribution < 1.29 is 31.1 Å². The van der Waals surface area contributed by atoms with Crippen LogP contribution in [0.25, 0.3) is 11.0 Å². The van der Waals surface area contributed by atoms with Gasteiger partial charge in [-0.25, -0.2) is 13.1 Å². The SMILES string of the molecule is COc1cc(C(CC(=O)Nc2cccnc2)c2ccc(C)c(CN3C[C@@H](I)Cc4ccc(C(F)(F)F)cc4S3(=O)=O)c2)cc2nnn(C)c12. The van der Waals surface area contributed by atoms with Gasteiger partial charge in [0.05, 0.1) is 29.5 Å². The van der Waals surface area contributed by atoms with E-state index in [4.69, 9.17) is 4.74 Å². The Morgan fingerprint density at radius 3 is 2.63 bits per heavy atom. The largest absolute Gasteiger partial charge is 0.494 e. The van der Waals surface area contributed by atoms with Gasteiger partial charge in [0.25, 0.3) is 0 Å². The van der Waals surface area contributed by atoms with E-state index in [1.807, 2.05) is 37.3 Å². The van der Waals surface area contributed by atoms with Crippen molar-refractivity contribution in [2.24, 2.45) is 7.05 Å². The number of sulfonamides is 1. The molecule has 1 unspecified atom stereocenters. The van der Waals surface area contributed by atoms with Crippen molar-refractivity contribution in [1.82, 2.24) is 24.3 Å². The van der Waals surface area contributed by atoms with Crippen molar-refractivity contribution in [3.8, 4) is 5.75 Å². The first-order chi connectivity index (χ1) is 23.2. The molecule has 5 aromatic rings. The zero-order valence-electron chi connectivity index (χ0n) is 26.7. The number of carbonyl (C=O) groups is 1. The third-order valence-corrected chi connectivity index (χ3v) is 11.4. The number of nitrogens with zero attached hydrogens (tertiary/aromatic N) is 5. The Morgan fingerprint density at radius 2 is 1.92 bits per heavy atom. The van der Waals surface area contributed by atoms with Gasteiger partial charge in [0.2, 0.25) is 15.9 Å². The molecule has 0 saturated carbocycles. The zero-order valence-corrected chi connectivity index (χ0v) is 29.7. The normalized spacial score (nSPS) is 16.9. The van der Waals surface area contributed by atoms with Crippen molar-refractivity contribution in [2.45, 2.75) is 47.2 Å². The van der Waals surface area contributed by atoms with E-state index in [1.165, 1.54) is 17.5 Å². The Bertz CT molecular complexity index is 2140. The number of pyridine rings is 1. The number of rotatable bonds is 8. The van der Waals surface area contributed by atoms with E-state index in [9.17, 15) is 26.4 Å². The van der Waals surface area contributed by atoms with Crippen LogP contribution in [0.5, 0.6) is 5.75 Å². The summed E-state index contributed by atoms with van der Waals surface area (Å²) >= 11 is 2.15. The average Bonchev–Trinajstić information content (AvgIpc) is 3.40. The number of carbonyl (C=O) groups excluding carboxylic acids is 1. The number of ether oxygens (including phenoxy) is 1. The fourth-order valence-electron chi connectivity index (χ4n) is 6.11. The van der Waals surface area contributed by atoms with Gasteiger partial charge in [-0.3, -0.25) is 9.78 Å². The molecule has 1 amide bonds. The quantitative estimate of drug-likeness (QED) is 0.142. The molecule has 0 aliphatic carbocycles. The summed E-state index contributed by atoms with van der Waals surface area (Å²) in [5, 5.41) is 11.3. The molecular formula is C34H32F3IN6O4S. The van der Waals surface area contributed by atoms with Crippen LogP contribution in [0, 0.1) is 6.92 Å². The lowest BCUT2D eigenvalue weighted by molar-refractivity contribution is -0.137. The van der Waals surface area contributed by atoms with Gasteiger partial charge in [-0.1, -0.05) is 52.1 Å². The number of amides is 1. The van der Waals surface area contributed by atoms with Crippen LogP contribution in [0.3, 0.4) is 0 Å². The molecule has 2 aromatic heterocycles. The van der Waals surface area contributed by atoms with Gasteiger partial charge < -0.3 is 10.1 Å². The first-order valence-electron chi connectivity index (χ1n) is 15.3. The van der Waals surface area contributed by atoms with Crippen LogP contribution >= 0.6 is 22.6 Å². The van der Waals surface area contributed by atoms with E-state index in [0.717, 1.165) is 28.8 Å². The second-order valence-electron chi connectivity index (χ2n) is 12.0. The van der Waals surface area contributed by atoms with Gasteiger partial charge in [-0.2, -0.15) is 17.5 Å². The first kappa shape index (κ1) is 34.8. The topological polar surface area (TPSA) is 119 Å². The maximum Gasteiger partial charge on any atom is 0.416 e. The Hall–Kier alpha value is -4.09. The number of benzene rings is 3. The highest BCUT2D eigenvalue weighted by Crippen LogP contribution is 2.38. The molecule has 3 aromatic carbocycles. The Balaban J connectivity index is 1.40. The van der Waals surface area contributed by atoms with Crippen LogP contribution in [-0.4, -0.2) is 56.2 Å². The summed E-state index contributed by atoms with van der Waals surface area (Å²) in [7, 11) is -1.00. The summed E-state index contributed by atoms with van der Waals surface area (Å²) in [6, 6.07) is 15.7. The summed E-state index contributed by atoms with van der Waals surface area (Å²) in [6.45, 7) is 1.89. The number of nitrogens with one attached hydrogen (secondary N) is 1. The molecule has 0 radical (unpaired) electrons. The smallest absolute Gasteiger partial charge is 0.416 e. The van der Waals surface area contributed by atoms with Crippen LogP contribution in [0.1, 0.15) is 45.7 Å². The first-order valence-corrected chi connectivity index (χ1v) is 17.9. The van der Waals surface area contributed by atoms with Crippen molar-refractivity contribution in [3.05, 3.63) is 106 Å². The van der Waals surface area contributed by atoms with E-state index in [2.05, 4.69) is 43.2 Å². The van der Waals surface area contributed by atoms with Crippen molar-refractivity contribution in [1.29, 1.82) is 0 Å². The Kier molecular flexibility index (Phi) is 9.70. The van der Waals surface area contributed by atoms with Gasteiger partial charge in [0.15, 0.2) is 0 Å². The number of methoxy groups -OCH3 is 1. The van der Waals surface area contributed by atoms with E-state index in [0.29, 0.717) is 40.0 Å². The van der Waals surface area contributed by atoms with E-state index in [1.54, 1.807) is 36.3 Å². The van der Waals surface area contributed by atoms with Crippen LogP contribution in [0.2, 0.25) is 0 Å². The minimum Gasteiger partial charge on any atom is -0.494 e. The monoisotopic (exact) mass is 804 g/mol. The summed E-state index contributed by atoms with van der Waals surface area (Å²) < 4.78 is 77.2. The number of aromatic nitrogens is 4. The predicted molar refractivity (Wildman–Crippen MR) is 186 cm³/mol. The lowest BCUT2D eigenvalue weighted by atomic mass is 9.86. The summed E-state index contributed by atoms with van der Waals surface area (Å²) in [6.07, 6.45) is -1.22. The van der Waals surface area contributed by atoms with Gasteiger partial charge in [0, 0.05) is 42.6 Å². The average molecular weight is 805 g/mol. The van der Waals surface area contributed by atoms with Gasteiger partial charge in [-0.05, 0) is 77.6 Å². The van der Waals surface area contributed by atoms with Crippen molar-refractivity contribution >= 4 is 55.2 Å². The van der Waals surface area contributed by atoms with Crippen LogP contribution in [0.15, 0.2) is 78.0 Å². The third kappa shape index (κ3) is 7.28. The number of aryl methyl sites for hydroxylation is 2. The molecule has 0 fully saturated rings. The number of fused-ring (bicyclic) bond motifs is 2. The number of hydrogen-bond donors (Lipinski definition) is 1. The maximum absolute atomic E-state index is 14.0. The molecule has 1 N–H and O–H groups in total. The number of anilines is 1. The molecule has 0 saturated heterocycles. The molecule has 10 nitrogen and oxygen atoms in total. The summed E-state index contributed by atoms with van der Waals surface area (Å²) in [4.78, 5) is 17.2. The number of hydrogen-bond acceptors (Lipinski definition) is 7. The maximum atomic E-state index is 14.0. The molecule has 2 atom stereocenters. The second-order valence-corrected chi connectivity index (χ2v) is 15.6. The third-order valence-electron chi connectivity index (χ3n) is 8.62. The number of alkyl halides is 4. The second kappa shape index (κ2) is 13.7. The van der Waals surface area contributed by atoms with E-state index < -0.39 is 27.7 Å². The molecule has 49 heavy (non-hydrogen) atoms. The Morgan fingerprint density at radius 1 is 1.12 bits per heavy atom. The standard InChI is InChI=1S/C34H32F3IN6O4S/c1-20-6-7-21(11-24(20)18-44-19-26(38)12-22-8-9-25(34(35,36)37)15-31(22)49(44,46)47)28(16-32(45)40-27-5-4-10-39-17-27)23-13-29-33(30(14-23)48-3)43(2)42-41-29/h4-11,13-15,17,26,28H,12,16,18-19H2,1-3H3,(H,40,45)/t26-,28?/m0/s1. The van der Waals surface area contributed by atoms with Crippen LogP contribution in [-0.2, 0) is 41.0 Å². The molecule has 0 bridgehead atoms. The molecule has 15 heteroatoms. The van der Waals surface area contributed by atoms with Crippen molar-refractivity contribution in [2.75, 3.05) is 19.0 Å². The van der Waals surface area contributed by atoms with E-state index >= 15 is 0 Å². The fourth-order valence-corrected chi connectivity index (χ4v) is 9.05. The summed E-state index contributed by atoms with van der Waals surface area (Å²) in [5.74, 6) is -0.284. The van der Waals surface area contributed by atoms with Crippen LogP contribution < -0.4 is 10.1 Å². The molecule has 1 aliphatic heterocycles. The van der Waals surface area contributed by atoms with E-state index in [-0.39, 0.29) is 34.2 Å². The van der Waals surface area contributed by atoms with Gasteiger partial charge in [0.1, 0.15) is 16.8 Å². The molecule has 3 heterocycles. The van der Waals surface area contributed by atoms with Gasteiger partial charge in [-0.15, -0.1) is 5.10 Å². The molecule has 256 valence electrons. The summed E-state index contributed by atoms with van der Waals surface area (Å²) in [5.41, 5.74) is 4.03. The Labute approximate surface area is 294 Å². The lowest BCUT2D eigenvalue weighted by Crippen LogP contribution is -2.34. The lowest BCUT2D eigenvalue weighted by Gasteiger charge is -2.25. The number of halogens is 4.